The molecule has 7 N–H and O–H groups in total. The molecule has 4 aromatic carbocycles. The predicted octanol–water partition coefficient (Wildman–Crippen LogP) is 3.18. The second-order valence-electron chi connectivity index (χ2n) is 13.0. The third-order valence-corrected chi connectivity index (χ3v) is 9.33. The van der Waals surface area contributed by atoms with E-state index in [1.165, 1.54) is 36.4 Å². The molecule has 2 amide bonds. The third kappa shape index (κ3) is 8.39. The molecule has 6 rings (SSSR count). The van der Waals surface area contributed by atoms with Crippen molar-refractivity contribution >= 4 is 28.7 Å². The molecule has 0 radical (unpaired) electrons. The number of carbonyl (C=O) groups excluding carboxylic acids is 2. The number of aliphatic hydroxyl groups is 2. The number of carbonyl (C=O) groups is 3. The van der Waals surface area contributed by atoms with E-state index >= 15 is 0 Å². The Kier molecular flexibility index (Phi) is 11.2. The number of hydrogen-bond donors (Lipinski definition) is 7. The van der Waals surface area contributed by atoms with E-state index in [1.54, 1.807) is 59.5 Å². The molecular formula is C40H40N4O9. The summed E-state index contributed by atoms with van der Waals surface area (Å²) in [6.07, 6.45) is 0.478. The lowest BCUT2D eigenvalue weighted by atomic mass is 9.86. The molecule has 53 heavy (non-hydrogen) atoms. The van der Waals surface area contributed by atoms with Gasteiger partial charge in [0, 0.05) is 54.8 Å². The number of piperidine rings is 1. The Morgan fingerprint density at radius 2 is 1.70 bits per heavy atom. The number of nitrogens with zero attached hydrogens (tertiary/aromatic N) is 1. The Bertz CT molecular complexity index is 2160. The van der Waals surface area contributed by atoms with Crippen LogP contribution in [0.5, 0.6) is 11.5 Å². The number of aromatic amines is 1. The molecule has 13 nitrogen and oxygen atoms in total. The predicted molar refractivity (Wildman–Crippen MR) is 195 cm³/mol. The van der Waals surface area contributed by atoms with E-state index in [0.29, 0.717) is 49.0 Å². The molecule has 3 atom stereocenters. The van der Waals surface area contributed by atoms with Gasteiger partial charge in [0.05, 0.1) is 11.6 Å². The number of rotatable bonds is 13. The van der Waals surface area contributed by atoms with E-state index in [-0.39, 0.29) is 58.8 Å². The van der Waals surface area contributed by atoms with Crippen molar-refractivity contribution in [2.45, 2.75) is 37.1 Å². The molecule has 274 valence electrons. The summed E-state index contributed by atoms with van der Waals surface area (Å²) in [5.74, 6) is -1.87. The Morgan fingerprint density at radius 1 is 0.943 bits per heavy atom. The molecule has 0 aliphatic carbocycles. The van der Waals surface area contributed by atoms with E-state index in [4.69, 9.17) is 4.74 Å². The van der Waals surface area contributed by atoms with Crippen LogP contribution in [-0.4, -0.2) is 80.4 Å². The van der Waals surface area contributed by atoms with E-state index in [2.05, 4.69) is 15.6 Å². The van der Waals surface area contributed by atoms with Gasteiger partial charge in [0.25, 0.3) is 11.8 Å². The summed E-state index contributed by atoms with van der Waals surface area (Å²) >= 11 is 0. The first-order chi connectivity index (χ1) is 25.5. The molecule has 1 aliphatic heterocycles. The summed E-state index contributed by atoms with van der Waals surface area (Å²) < 4.78 is 5.67. The van der Waals surface area contributed by atoms with E-state index in [0.717, 1.165) is 5.56 Å². The number of H-pyrrole nitrogens is 1. The summed E-state index contributed by atoms with van der Waals surface area (Å²) in [6.45, 7) is 1.16. The van der Waals surface area contributed by atoms with Crippen molar-refractivity contribution in [3.05, 3.63) is 141 Å². The summed E-state index contributed by atoms with van der Waals surface area (Å²) in [5, 5.41) is 48.6. The molecule has 0 saturated carbocycles. The first kappa shape index (κ1) is 36.8. The van der Waals surface area contributed by atoms with Gasteiger partial charge in [-0.1, -0.05) is 60.7 Å². The average Bonchev–Trinajstić information content (AvgIpc) is 3.17. The van der Waals surface area contributed by atoms with Gasteiger partial charge in [0.2, 0.25) is 11.2 Å². The average molecular weight is 721 g/mol. The van der Waals surface area contributed by atoms with Crippen molar-refractivity contribution in [2.75, 3.05) is 26.2 Å². The number of nitrogens with one attached hydrogen (secondary N) is 3. The lowest BCUT2D eigenvalue weighted by molar-refractivity contribution is -0.155. The molecule has 1 saturated heterocycles. The monoisotopic (exact) mass is 720 g/mol. The number of fused-ring (bicyclic) bond motifs is 1. The zero-order chi connectivity index (χ0) is 37.5. The van der Waals surface area contributed by atoms with Crippen molar-refractivity contribution in [1.82, 2.24) is 20.5 Å². The number of aliphatic carboxylic acids is 1. The normalized spacial score (nSPS) is 16.0. The molecule has 2 heterocycles. The Hall–Kier alpha value is -6.02. The van der Waals surface area contributed by atoms with Gasteiger partial charge >= 0.3 is 5.97 Å². The smallest absolute Gasteiger partial charge is 0.345 e. The molecule has 5 aromatic rings. The van der Waals surface area contributed by atoms with Crippen LogP contribution in [0.4, 0.5) is 0 Å². The number of ether oxygens (including phenoxy) is 1. The highest BCUT2D eigenvalue weighted by Gasteiger charge is 2.40. The highest BCUT2D eigenvalue weighted by molar-refractivity contribution is 5.94. The van der Waals surface area contributed by atoms with E-state index < -0.39 is 23.6 Å². The van der Waals surface area contributed by atoms with Crippen LogP contribution >= 0.6 is 0 Å². The lowest BCUT2D eigenvalue weighted by Gasteiger charge is -2.33. The molecule has 3 unspecified atom stereocenters. The number of pyridine rings is 1. The molecule has 1 aliphatic rings. The molecular weight excluding hydrogens is 680 g/mol. The van der Waals surface area contributed by atoms with Crippen LogP contribution in [0.2, 0.25) is 0 Å². The Morgan fingerprint density at radius 3 is 2.45 bits per heavy atom. The van der Waals surface area contributed by atoms with E-state index in [9.17, 15) is 39.6 Å². The van der Waals surface area contributed by atoms with E-state index in [1.807, 2.05) is 12.1 Å². The van der Waals surface area contributed by atoms with Crippen molar-refractivity contribution in [2.24, 2.45) is 0 Å². The first-order valence-electron chi connectivity index (χ1n) is 17.2. The number of aliphatic hydroxyl groups excluding tert-OH is 1. The maximum Gasteiger partial charge on any atom is 0.345 e. The minimum atomic E-state index is -2.31. The van der Waals surface area contributed by atoms with Crippen LogP contribution in [0.25, 0.3) is 10.9 Å². The zero-order valence-electron chi connectivity index (χ0n) is 28.7. The van der Waals surface area contributed by atoms with Gasteiger partial charge < -0.3 is 45.7 Å². The van der Waals surface area contributed by atoms with Crippen LogP contribution in [0.1, 0.15) is 51.6 Å². The summed E-state index contributed by atoms with van der Waals surface area (Å²) in [7, 11) is 0. The largest absolute Gasteiger partial charge is 0.506 e. The number of carboxylic acids is 1. The minimum absolute atomic E-state index is 0.0782. The number of amides is 2. The molecule has 13 heteroatoms. The highest BCUT2D eigenvalue weighted by Crippen LogP contribution is 2.32. The SMILES string of the molecule is O=C(COc1cccc(C(O)(C(=O)O)c2ccccc2)c1)NC1CCCN(C(=O)c2ccc(CNCC(O)c3ccc(O)c4[nH]c(=O)ccc34)cc2)C1. The fourth-order valence-corrected chi connectivity index (χ4v) is 6.56. The van der Waals surface area contributed by atoms with Crippen LogP contribution < -0.4 is 20.9 Å². The number of hydrogen-bond acceptors (Lipinski definition) is 9. The summed E-state index contributed by atoms with van der Waals surface area (Å²) in [6, 6.07) is 26.8. The fourth-order valence-electron chi connectivity index (χ4n) is 6.56. The third-order valence-electron chi connectivity index (χ3n) is 9.33. The van der Waals surface area contributed by atoms with Crippen molar-refractivity contribution in [3.8, 4) is 11.5 Å². The van der Waals surface area contributed by atoms with Gasteiger partial charge in [0.1, 0.15) is 11.5 Å². The second kappa shape index (κ2) is 16.1. The quantitative estimate of drug-likeness (QED) is 0.0948. The zero-order valence-corrected chi connectivity index (χ0v) is 28.7. The highest BCUT2D eigenvalue weighted by atomic mass is 16.5. The lowest BCUT2D eigenvalue weighted by Crippen LogP contribution is -2.50. The van der Waals surface area contributed by atoms with Gasteiger partial charge in [-0.25, -0.2) is 4.79 Å². The number of phenols is 1. The van der Waals surface area contributed by atoms with Gasteiger partial charge in [-0.2, -0.15) is 0 Å². The number of phenolic OH excluding ortho intramolecular Hbond substituents is 1. The first-order valence-corrected chi connectivity index (χ1v) is 17.2. The van der Waals surface area contributed by atoms with Gasteiger partial charge in [-0.15, -0.1) is 0 Å². The van der Waals surface area contributed by atoms with Gasteiger partial charge in [0.15, 0.2) is 6.61 Å². The Balaban J connectivity index is 0.982. The molecule has 1 fully saturated rings. The molecule has 1 aromatic heterocycles. The number of benzene rings is 4. The minimum Gasteiger partial charge on any atom is -0.506 e. The van der Waals surface area contributed by atoms with Crippen LogP contribution in [0, 0.1) is 0 Å². The standard InChI is InChI=1S/C40H40N4O9/c45-33-17-15-31(32-16-18-35(47)43-37(32)33)34(46)22-41-21-25-11-13-26(14-12-25)38(49)44-19-5-9-29(23-44)42-36(48)24-53-30-10-4-8-28(20-30)40(52,39(50)51)27-6-2-1-3-7-27/h1-4,6-8,10-18,20,29,34,41,45-46,52H,5,9,19,21-24H2,(H,42,48)(H,43,47)(H,50,51). The van der Waals surface area contributed by atoms with Gasteiger partial charge in [-0.05, 0) is 65.9 Å². The number of aromatic hydroxyl groups is 1. The van der Waals surface area contributed by atoms with Crippen molar-refractivity contribution in [3.63, 3.8) is 0 Å². The summed E-state index contributed by atoms with van der Waals surface area (Å²) in [5.41, 5.74) is -0.165. The second-order valence-corrected chi connectivity index (χ2v) is 13.0. The van der Waals surface area contributed by atoms with Gasteiger partial charge in [-0.3, -0.25) is 14.4 Å². The maximum atomic E-state index is 13.4. The number of carboxylic acid groups (broad SMARTS) is 1. The molecule has 0 spiro atoms. The molecule has 0 bridgehead atoms. The fraction of sp³-hybridized carbons (Fsp3) is 0.250. The van der Waals surface area contributed by atoms with Crippen LogP contribution in [0.3, 0.4) is 0 Å². The van der Waals surface area contributed by atoms with Crippen molar-refractivity contribution in [1.29, 1.82) is 0 Å². The summed E-state index contributed by atoms with van der Waals surface area (Å²) in [4.78, 5) is 54.3. The topological polar surface area (TPSA) is 202 Å². The van der Waals surface area contributed by atoms with Crippen molar-refractivity contribution < 1.29 is 39.5 Å². The Labute approximate surface area is 304 Å². The van der Waals surface area contributed by atoms with Crippen LogP contribution in [0.15, 0.2) is 108 Å². The number of aromatic nitrogens is 1. The van der Waals surface area contributed by atoms with Crippen LogP contribution in [-0.2, 0) is 21.7 Å². The number of likely N-dealkylation sites (tertiary alicyclic amines) is 1. The maximum absolute atomic E-state index is 13.4.